The third-order valence-corrected chi connectivity index (χ3v) is 1.26. The highest BCUT2D eigenvalue weighted by atomic mass is 16.4. The second-order valence-electron chi connectivity index (χ2n) is 1.96. The molecular weight excluding hydrogens is 120 g/mol. The predicted molar refractivity (Wildman–Crippen MR) is 29.5 cm³/mol. The normalized spacial score (nSPS) is 12.7. The van der Waals surface area contributed by atoms with Crippen molar-refractivity contribution in [3.8, 4) is 0 Å². The lowest BCUT2D eigenvalue weighted by atomic mass is 10.0. The minimum atomic E-state index is -1.58. The number of carbonyl (C=O) groups excluding carboxylic acids is 2. The minimum Gasteiger partial charge on any atom is -0.542 e. The third kappa shape index (κ3) is 2.26. The van der Waals surface area contributed by atoms with Crippen molar-refractivity contribution < 1.29 is 14.7 Å². The largest absolute Gasteiger partial charge is 0.542 e. The Morgan fingerprint density at radius 2 is 2.00 bits per heavy atom. The summed E-state index contributed by atoms with van der Waals surface area (Å²) >= 11 is 0. The van der Waals surface area contributed by atoms with Gasteiger partial charge in [-0.05, 0) is 6.42 Å². The number of rotatable bonds is 3. The Morgan fingerprint density at radius 1 is 1.56 bits per heavy atom. The van der Waals surface area contributed by atoms with Gasteiger partial charge in [-0.1, -0.05) is 13.8 Å². The molecule has 0 fully saturated rings. The molecule has 0 aromatic heterocycles. The number of hydrogen-bond acceptors (Lipinski definition) is 3. The average Bonchev–Trinajstić information content (AvgIpc) is 1.84. The summed E-state index contributed by atoms with van der Waals surface area (Å²) in [6.07, 6.45) is 0.548. The zero-order valence-corrected chi connectivity index (χ0v) is 5.51. The van der Waals surface area contributed by atoms with Crippen LogP contribution in [0.5, 0.6) is 0 Å². The molecule has 0 radical (unpaired) electrons. The van der Waals surface area contributed by atoms with Crippen LogP contribution in [0.25, 0.3) is 0 Å². The highest BCUT2D eigenvalue weighted by Gasteiger charge is 2.09. The Bertz CT molecular complexity index is 128. The predicted octanol–water partition coefficient (Wildman–Crippen LogP) is -0.649. The molecule has 3 nitrogen and oxygen atoms in total. The lowest BCUT2D eigenvalue weighted by Crippen LogP contribution is -2.35. The van der Waals surface area contributed by atoms with Crippen molar-refractivity contribution in [2.75, 3.05) is 0 Å². The van der Waals surface area contributed by atoms with Gasteiger partial charge in [0.1, 0.15) is 5.97 Å². The number of ketones is 1. The Kier molecular flexibility index (Phi) is 2.91. The van der Waals surface area contributed by atoms with Crippen LogP contribution >= 0.6 is 0 Å². The van der Waals surface area contributed by atoms with Crippen molar-refractivity contribution in [3.63, 3.8) is 0 Å². The highest BCUT2D eigenvalue weighted by Crippen LogP contribution is 2.00. The summed E-state index contributed by atoms with van der Waals surface area (Å²) in [5.74, 6) is -2.79. The first kappa shape index (κ1) is 8.14. The number of Topliss-reactive ketones (excluding diaryl/α,β-unsaturated/α-hetero) is 1. The van der Waals surface area contributed by atoms with Gasteiger partial charge in [-0.2, -0.15) is 0 Å². The first-order valence-electron chi connectivity index (χ1n) is 2.84. The molecule has 0 amide bonds. The van der Waals surface area contributed by atoms with Crippen LogP contribution in [0.2, 0.25) is 0 Å². The van der Waals surface area contributed by atoms with Crippen LogP contribution < -0.4 is 5.11 Å². The van der Waals surface area contributed by atoms with E-state index < -0.39 is 17.7 Å². The summed E-state index contributed by atoms with van der Waals surface area (Å²) in [5.41, 5.74) is 0. The van der Waals surface area contributed by atoms with Crippen molar-refractivity contribution in [1.29, 1.82) is 0 Å². The van der Waals surface area contributed by atoms with E-state index in [0.717, 1.165) is 0 Å². The lowest BCUT2D eigenvalue weighted by molar-refractivity contribution is -0.300. The van der Waals surface area contributed by atoms with Crippen LogP contribution in [-0.2, 0) is 9.59 Å². The first-order chi connectivity index (χ1) is 4.09. The van der Waals surface area contributed by atoms with E-state index >= 15 is 0 Å². The SMILES string of the molecule is CC[C@@H](C)C(=O)C(=O)[O-]. The van der Waals surface area contributed by atoms with Crippen molar-refractivity contribution in [1.82, 2.24) is 0 Å². The smallest absolute Gasteiger partial charge is 0.181 e. The zero-order valence-electron chi connectivity index (χ0n) is 5.51. The molecule has 0 saturated carbocycles. The molecule has 0 heterocycles. The summed E-state index contributed by atoms with van der Waals surface area (Å²) in [6.45, 7) is 3.32. The molecule has 0 rings (SSSR count). The van der Waals surface area contributed by atoms with Crippen LogP contribution in [0.1, 0.15) is 20.3 Å². The molecule has 52 valence electrons. The molecule has 0 saturated heterocycles. The quantitative estimate of drug-likeness (QED) is 0.476. The second kappa shape index (κ2) is 3.22. The van der Waals surface area contributed by atoms with Crippen molar-refractivity contribution in [2.45, 2.75) is 20.3 Å². The van der Waals surface area contributed by atoms with Gasteiger partial charge in [-0.3, -0.25) is 4.79 Å². The van der Waals surface area contributed by atoms with Crippen LogP contribution in [-0.4, -0.2) is 11.8 Å². The van der Waals surface area contributed by atoms with Gasteiger partial charge in [0.25, 0.3) is 0 Å². The molecule has 0 unspecified atom stereocenters. The highest BCUT2D eigenvalue weighted by molar-refractivity contribution is 6.32. The summed E-state index contributed by atoms with van der Waals surface area (Å²) in [5, 5.41) is 9.84. The van der Waals surface area contributed by atoms with Crippen LogP contribution in [0.15, 0.2) is 0 Å². The standard InChI is InChI=1S/C6H10O3/c1-3-4(2)5(7)6(8)9/h4H,3H2,1-2H3,(H,8,9)/p-1/t4-/m1/s1. The number of aliphatic carboxylic acids is 1. The topological polar surface area (TPSA) is 57.2 Å². The average molecular weight is 129 g/mol. The molecule has 0 aromatic rings. The fraction of sp³-hybridized carbons (Fsp3) is 0.667. The second-order valence-corrected chi connectivity index (χ2v) is 1.96. The van der Waals surface area contributed by atoms with E-state index in [-0.39, 0.29) is 0 Å². The number of carboxylic acids is 1. The van der Waals surface area contributed by atoms with Crippen molar-refractivity contribution in [2.24, 2.45) is 5.92 Å². The maximum absolute atomic E-state index is 10.4. The number of carboxylic acid groups (broad SMARTS) is 1. The summed E-state index contributed by atoms with van der Waals surface area (Å²) in [6, 6.07) is 0. The Hall–Kier alpha value is -0.860. The first-order valence-corrected chi connectivity index (χ1v) is 2.84. The minimum absolute atomic E-state index is 0.407. The van der Waals surface area contributed by atoms with E-state index in [1.165, 1.54) is 0 Å². The molecule has 0 aliphatic heterocycles. The molecule has 0 aromatic carbocycles. The molecular formula is C6H9O3-. The van der Waals surface area contributed by atoms with Crippen LogP contribution in [0, 0.1) is 5.92 Å². The van der Waals surface area contributed by atoms with Crippen molar-refractivity contribution >= 4 is 11.8 Å². The summed E-state index contributed by atoms with van der Waals surface area (Å²) in [7, 11) is 0. The van der Waals surface area contributed by atoms with E-state index in [1.807, 2.05) is 0 Å². The van der Waals surface area contributed by atoms with E-state index in [2.05, 4.69) is 0 Å². The zero-order chi connectivity index (χ0) is 7.44. The fourth-order valence-corrected chi connectivity index (χ4v) is 0.387. The molecule has 3 heteroatoms. The molecule has 1 atom stereocenters. The van der Waals surface area contributed by atoms with Gasteiger partial charge in [-0.15, -0.1) is 0 Å². The summed E-state index contributed by atoms with van der Waals surface area (Å²) < 4.78 is 0. The lowest BCUT2D eigenvalue weighted by Gasteiger charge is -2.05. The Morgan fingerprint density at radius 3 is 2.11 bits per heavy atom. The van der Waals surface area contributed by atoms with Crippen LogP contribution in [0.4, 0.5) is 0 Å². The molecule has 0 spiro atoms. The number of carbonyl (C=O) groups is 2. The third-order valence-electron chi connectivity index (χ3n) is 1.26. The molecule has 0 bridgehead atoms. The van der Waals surface area contributed by atoms with E-state index in [0.29, 0.717) is 6.42 Å². The molecule has 0 N–H and O–H groups in total. The summed E-state index contributed by atoms with van der Waals surface area (Å²) in [4.78, 5) is 20.3. The maximum Gasteiger partial charge on any atom is 0.181 e. The van der Waals surface area contributed by atoms with E-state index in [4.69, 9.17) is 0 Å². The van der Waals surface area contributed by atoms with Gasteiger partial charge in [0.15, 0.2) is 5.78 Å². The molecule has 0 aliphatic carbocycles. The van der Waals surface area contributed by atoms with Gasteiger partial charge in [-0.25, -0.2) is 0 Å². The van der Waals surface area contributed by atoms with Crippen LogP contribution in [0.3, 0.4) is 0 Å². The Balaban J connectivity index is 3.88. The fourth-order valence-electron chi connectivity index (χ4n) is 0.387. The molecule has 9 heavy (non-hydrogen) atoms. The Labute approximate surface area is 53.7 Å². The van der Waals surface area contributed by atoms with Gasteiger partial charge in [0, 0.05) is 5.92 Å². The van der Waals surface area contributed by atoms with Gasteiger partial charge < -0.3 is 9.90 Å². The van der Waals surface area contributed by atoms with Crippen molar-refractivity contribution in [3.05, 3.63) is 0 Å². The van der Waals surface area contributed by atoms with Gasteiger partial charge >= 0.3 is 0 Å². The van der Waals surface area contributed by atoms with E-state index in [1.54, 1.807) is 13.8 Å². The van der Waals surface area contributed by atoms with Gasteiger partial charge in [0.2, 0.25) is 0 Å². The van der Waals surface area contributed by atoms with Gasteiger partial charge in [0.05, 0.1) is 0 Å². The molecule has 0 aliphatic rings. The monoisotopic (exact) mass is 129 g/mol. The maximum atomic E-state index is 10.4. The number of hydrogen-bond donors (Lipinski definition) is 0. The van der Waals surface area contributed by atoms with E-state index in [9.17, 15) is 14.7 Å².